The van der Waals surface area contributed by atoms with Crippen molar-refractivity contribution >= 4 is 34.9 Å². The van der Waals surface area contributed by atoms with Gasteiger partial charge in [0.1, 0.15) is 17.6 Å². The molecular weight excluding hydrogens is 604 g/mol. The Bertz CT molecular complexity index is 1910. The third-order valence-electron chi connectivity index (χ3n) is 8.68. The van der Waals surface area contributed by atoms with Crippen molar-refractivity contribution in [3.8, 4) is 22.4 Å². The lowest BCUT2D eigenvalue weighted by atomic mass is 9.78. The fraction of sp³-hybridized carbons (Fsp3) is 0.265. The van der Waals surface area contributed by atoms with E-state index in [-0.39, 0.29) is 17.7 Å². The van der Waals surface area contributed by atoms with E-state index >= 15 is 0 Å². The maximum Gasteiger partial charge on any atom is 0.270 e. The average molecular weight is 637 g/mol. The van der Waals surface area contributed by atoms with Gasteiger partial charge in [-0.05, 0) is 64.7 Å². The topological polar surface area (TPSA) is 119 Å². The summed E-state index contributed by atoms with van der Waals surface area (Å²) in [7, 11) is 3.60. The highest BCUT2D eigenvalue weighted by Gasteiger charge is 2.49. The summed E-state index contributed by atoms with van der Waals surface area (Å²) >= 11 is 6.70. The fourth-order valence-corrected chi connectivity index (χ4v) is 6.22. The second kappa shape index (κ2) is 12.1. The van der Waals surface area contributed by atoms with Crippen LogP contribution in [0.3, 0.4) is 0 Å². The van der Waals surface area contributed by atoms with Crippen molar-refractivity contribution in [2.24, 2.45) is 19.5 Å². The minimum atomic E-state index is -0.929. The molecule has 2 aliphatic heterocycles. The van der Waals surface area contributed by atoms with Crippen LogP contribution in [0.1, 0.15) is 16.1 Å². The Hall–Kier alpha value is -5.00. The highest BCUT2D eigenvalue weighted by molar-refractivity contribution is 6.31. The Kier molecular flexibility index (Phi) is 7.79. The summed E-state index contributed by atoms with van der Waals surface area (Å²) in [6.07, 6.45) is 7.04. The van der Waals surface area contributed by atoms with E-state index in [9.17, 15) is 9.59 Å². The number of halogens is 1. The number of hydrogen-bond acceptors (Lipinski definition) is 7. The summed E-state index contributed by atoms with van der Waals surface area (Å²) in [5.41, 5.74) is 5.79. The molecule has 7 rings (SSSR count). The number of aromatic nitrogens is 5. The molecule has 0 saturated carbocycles. The van der Waals surface area contributed by atoms with E-state index < -0.39 is 11.9 Å². The number of benzene rings is 2. The lowest BCUT2D eigenvalue weighted by Crippen LogP contribution is -2.66. The van der Waals surface area contributed by atoms with Crippen molar-refractivity contribution < 1.29 is 14.3 Å². The van der Waals surface area contributed by atoms with Gasteiger partial charge in [0.15, 0.2) is 0 Å². The molecule has 1 unspecified atom stereocenters. The first-order chi connectivity index (χ1) is 22.3. The van der Waals surface area contributed by atoms with Crippen LogP contribution in [-0.4, -0.2) is 68.5 Å². The maximum absolute atomic E-state index is 13.8. The van der Waals surface area contributed by atoms with Gasteiger partial charge in [-0.2, -0.15) is 5.10 Å². The molecule has 2 saturated heterocycles. The Balaban J connectivity index is 1.12. The van der Waals surface area contributed by atoms with E-state index in [1.807, 2.05) is 66.3 Å². The van der Waals surface area contributed by atoms with Crippen LogP contribution in [0.15, 0.2) is 85.6 Å². The molecule has 0 aliphatic carbocycles. The van der Waals surface area contributed by atoms with Gasteiger partial charge < -0.3 is 24.8 Å². The molecule has 0 bridgehead atoms. The van der Waals surface area contributed by atoms with Crippen molar-refractivity contribution in [3.05, 3.63) is 102 Å². The number of aryl methyl sites for hydroxylation is 2. The van der Waals surface area contributed by atoms with E-state index in [0.29, 0.717) is 16.4 Å². The van der Waals surface area contributed by atoms with Crippen molar-refractivity contribution in [2.45, 2.75) is 12.5 Å². The van der Waals surface area contributed by atoms with Gasteiger partial charge in [0.05, 0.1) is 36.8 Å². The summed E-state index contributed by atoms with van der Waals surface area (Å²) in [4.78, 5) is 38.1. The molecule has 3 aromatic heterocycles. The SMILES string of the molecule is Cn1cncc1-c1ccc(NC(=O)C(Cc2cc(-c3ccnc(N4CC5(COC5)C4)c3)ccc2Cl)NC(=O)c2ccnn2C)cc1. The second-order valence-corrected chi connectivity index (χ2v) is 12.5. The number of anilines is 2. The number of amides is 2. The smallest absolute Gasteiger partial charge is 0.270 e. The zero-order valence-electron chi connectivity index (χ0n) is 25.5. The molecule has 2 aliphatic rings. The summed E-state index contributed by atoms with van der Waals surface area (Å²) in [5.74, 6) is 0.131. The first kappa shape index (κ1) is 29.7. The molecule has 1 atom stereocenters. The number of hydrogen-bond donors (Lipinski definition) is 2. The van der Waals surface area contributed by atoms with Gasteiger partial charge >= 0.3 is 0 Å². The van der Waals surface area contributed by atoms with Crippen LogP contribution in [-0.2, 0) is 30.0 Å². The van der Waals surface area contributed by atoms with Gasteiger partial charge in [-0.15, -0.1) is 0 Å². The van der Waals surface area contributed by atoms with Crippen LogP contribution in [0.4, 0.5) is 11.5 Å². The van der Waals surface area contributed by atoms with E-state index in [2.05, 4.69) is 36.7 Å². The fourth-order valence-electron chi connectivity index (χ4n) is 6.03. The highest BCUT2D eigenvalue weighted by atomic mass is 35.5. The van der Waals surface area contributed by atoms with Crippen molar-refractivity contribution in [1.29, 1.82) is 0 Å². The molecule has 0 radical (unpaired) electrons. The van der Waals surface area contributed by atoms with Crippen molar-refractivity contribution in [3.63, 3.8) is 0 Å². The number of ether oxygens (including phenoxy) is 1. The highest BCUT2D eigenvalue weighted by Crippen LogP contribution is 2.40. The van der Waals surface area contributed by atoms with Gasteiger partial charge in [0, 0.05) is 56.7 Å². The number of carbonyl (C=O) groups excluding carboxylic acids is 2. The molecule has 2 N–H and O–H groups in total. The Morgan fingerprint density at radius 2 is 1.74 bits per heavy atom. The number of nitrogens with one attached hydrogen (secondary N) is 2. The first-order valence-corrected chi connectivity index (χ1v) is 15.4. The number of imidazole rings is 1. The lowest BCUT2D eigenvalue weighted by Gasteiger charge is -2.55. The zero-order chi connectivity index (χ0) is 31.8. The largest absolute Gasteiger partial charge is 0.380 e. The standard InChI is InChI=1S/C34H33ClN8O3/c1-41-21-36-16-30(41)22-3-6-26(7-4-22)39-32(44)28(40-33(45)29-10-12-38-42(29)2)14-25-13-23(5-8-27(25)35)24-9-11-37-31(15-24)43-17-34(18-43)19-46-20-34/h3-13,15-16,21,28H,14,17-20H2,1-2H3,(H,39,44)(H,40,45). The van der Waals surface area contributed by atoms with Gasteiger partial charge in [-0.1, -0.05) is 29.8 Å². The molecular formula is C34H33ClN8O3. The van der Waals surface area contributed by atoms with Gasteiger partial charge in [-0.25, -0.2) is 9.97 Å². The van der Waals surface area contributed by atoms with Crippen LogP contribution in [0, 0.1) is 5.41 Å². The average Bonchev–Trinajstić information content (AvgIpc) is 3.64. The maximum atomic E-state index is 13.8. The molecule has 46 heavy (non-hydrogen) atoms. The molecule has 5 heterocycles. The Morgan fingerprint density at radius 1 is 0.978 bits per heavy atom. The number of rotatable bonds is 9. The predicted octanol–water partition coefficient (Wildman–Crippen LogP) is 4.35. The molecule has 5 aromatic rings. The van der Waals surface area contributed by atoms with Crippen LogP contribution < -0.4 is 15.5 Å². The lowest BCUT2D eigenvalue weighted by molar-refractivity contribution is -0.127. The number of carbonyl (C=O) groups is 2. The molecule has 2 fully saturated rings. The number of pyridine rings is 1. The molecule has 2 aromatic carbocycles. The normalized spacial score (nSPS) is 15.6. The summed E-state index contributed by atoms with van der Waals surface area (Å²) in [5, 5.41) is 10.5. The summed E-state index contributed by atoms with van der Waals surface area (Å²) < 4.78 is 8.80. The predicted molar refractivity (Wildman–Crippen MR) is 176 cm³/mol. The summed E-state index contributed by atoms with van der Waals surface area (Å²) in [6, 6.07) is 17.9. The van der Waals surface area contributed by atoms with E-state index in [1.165, 1.54) is 10.9 Å². The molecule has 11 nitrogen and oxygen atoms in total. The molecule has 12 heteroatoms. The zero-order valence-corrected chi connectivity index (χ0v) is 26.2. The third-order valence-corrected chi connectivity index (χ3v) is 9.05. The van der Waals surface area contributed by atoms with Crippen molar-refractivity contribution in [2.75, 3.05) is 36.5 Å². The molecule has 2 amide bonds. The van der Waals surface area contributed by atoms with Gasteiger partial charge in [-0.3, -0.25) is 14.3 Å². The van der Waals surface area contributed by atoms with Crippen molar-refractivity contribution in [1.82, 2.24) is 29.6 Å². The van der Waals surface area contributed by atoms with Crippen LogP contribution in [0.2, 0.25) is 5.02 Å². The quantitative estimate of drug-likeness (QED) is 0.247. The van der Waals surface area contributed by atoms with Gasteiger partial charge in [0.2, 0.25) is 5.91 Å². The van der Waals surface area contributed by atoms with E-state index in [4.69, 9.17) is 16.3 Å². The number of nitrogens with zero attached hydrogens (tertiary/aromatic N) is 6. The van der Waals surface area contributed by atoms with Crippen LogP contribution in [0.5, 0.6) is 0 Å². The third kappa shape index (κ3) is 5.86. The minimum absolute atomic E-state index is 0.168. The van der Waals surface area contributed by atoms with E-state index in [0.717, 1.165) is 60.1 Å². The molecule has 234 valence electrons. The summed E-state index contributed by atoms with van der Waals surface area (Å²) in [6.45, 7) is 3.50. The van der Waals surface area contributed by atoms with Crippen LogP contribution in [0.25, 0.3) is 22.4 Å². The van der Waals surface area contributed by atoms with E-state index in [1.54, 1.807) is 25.6 Å². The molecule has 1 spiro atoms. The van der Waals surface area contributed by atoms with Gasteiger partial charge in [0.25, 0.3) is 5.91 Å². The second-order valence-electron chi connectivity index (χ2n) is 12.1. The first-order valence-electron chi connectivity index (χ1n) is 15.0. The minimum Gasteiger partial charge on any atom is -0.380 e. The monoisotopic (exact) mass is 636 g/mol. The van der Waals surface area contributed by atoms with Crippen LogP contribution >= 0.6 is 11.6 Å². The Morgan fingerprint density at radius 3 is 2.41 bits per heavy atom. The Labute approximate surface area is 271 Å².